The summed E-state index contributed by atoms with van der Waals surface area (Å²) < 4.78 is 44.8. The number of hydrogen-bond donors (Lipinski definition) is 2. The number of pyridine rings is 1. The van der Waals surface area contributed by atoms with Crippen molar-refractivity contribution in [2.45, 2.75) is 76.4 Å². The average Bonchev–Trinajstić information content (AvgIpc) is 3.45. The van der Waals surface area contributed by atoms with E-state index in [9.17, 15) is 15.2 Å². The van der Waals surface area contributed by atoms with Gasteiger partial charge in [-0.15, -0.1) is 6.42 Å². The number of phenolic OH excluding ortho intramolecular Hbond substituents is 1. The number of halogens is 2. The highest BCUT2D eigenvalue weighted by Gasteiger charge is 2.47. The number of phenols is 1. The number of piperazine rings is 1. The van der Waals surface area contributed by atoms with Crippen LogP contribution in [0.1, 0.15) is 63.9 Å². The number of terminal acetylenes is 1. The van der Waals surface area contributed by atoms with Crippen molar-refractivity contribution in [3.63, 3.8) is 0 Å². The Morgan fingerprint density at radius 3 is 2.54 bits per heavy atom. The minimum absolute atomic E-state index is 0.00379. The first-order valence-electron chi connectivity index (χ1n) is 20.0. The number of anilines is 1. The van der Waals surface area contributed by atoms with E-state index in [1.54, 1.807) is 0 Å². The van der Waals surface area contributed by atoms with Crippen molar-refractivity contribution in [3.05, 3.63) is 41.5 Å². The first kappa shape index (κ1) is 37.1. The van der Waals surface area contributed by atoms with Gasteiger partial charge in [0.15, 0.2) is 5.82 Å². The van der Waals surface area contributed by atoms with Gasteiger partial charge >= 0.3 is 12.0 Å². The molecule has 3 saturated heterocycles. The van der Waals surface area contributed by atoms with Crippen LogP contribution in [-0.4, -0.2) is 100 Å². The second-order valence-electron chi connectivity index (χ2n) is 16.8. The van der Waals surface area contributed by atoms with Crippen LogP contribution < -0.4 is 19.7 Å². The number of fused-ring (bicyclic) bond motifs is 4. The van der Waals surface area contributed by atoms with Crippen molar-refractivity contribution in [3.8, 4) is 47.3 Å². The van der Waals surface area contributed by atoms with Crippen LogP contribution in [0.5, 0.6) is 17.6 Å². The second-order valence-corrected chi connectivity index (χ2v) is 16.8. The Hall–Kier alpha value is -5.47. The molecule has 5 aliphatic rings. The van der Waals surface area contributed by atoms with Gasteiger partial charge in [-0.3, -0.25) is 0 Å². The highest BCUT2D eigenvalue weighted by molar-refractivity contribution is 6.04. The van der Waals surface area contributed by atoms with E-state index in [0.717, 1.165) is 64.6 Å². The number of nitrogens with zero attached hydrogens (tertiary/aromatic N) is 7. The number of urea groups is 1. The predicted octanol–water partition coefficient (Wildman–Crippen LogP) is 6.37. The molecule has 2 aromatic heterocycles. The standard InChI is InChI=1S/C43H46F2N8O4/c1-4-30-32(44)11-8-25-16-29(54)17-31(34(25)30)37-36(45)38-35(40(48-37)56-3)39(50-41(49-38)57-23-43(13-14-43)22-51-15-12-24(2)19-51)52-20-27-9-10-28(21-52)53(27)42(55)47-33-7-5-6-26(33)18-46/h1,8,11,16-17,24,26-28,33,54H,5-7,9-10,12-15,19-23H2,2-3H3,(H,47,55). The van der Waals surface area contributed by atoms with Crippen LogP contribution >= 0.6 is 0 Å². The molecule has 12 nitrogen and oxygen atoms in total. The lowest BCUT2D eigenvalue weighted by Crippen LogP contribution is -2.59. The van der Waals surface area contributed by atoms with E-state index in [0.29, 0.717) is 36.8 Å². The number of methoxy groups -OCH3 is 1. The number of likely N-dealkylation sites (tertiary alicyclic amines) is 1. The summed E-state index contributed by atoms with van der Waals surface area (Å²) in [5.74, 6) is 1.56. The molecule has 2 bridgehead atoms. The third-order valence-electron chi connectivity index (χ3n) is 12.9. The minimum Gasteiger partial charge on any atom is -0.508 e. The molecule has 0 radical (unpaired) electrons. The van der Waals surface area contributed by atoms with E-state index < -0.39 is 11.6 Å². The third-order valence-corrected chi connectivity index (χ3v) is 12.9. The molecular formula is C43H46F2N8O4. The van der Waals surface area contributed by atoms with Gasteiger partial charge in [-0.25, -0.2) is 18.6 Å². The van der Waals surface area contributed by atoms with Gasteiger partial charge in [-0.2, -0.15) is 15.2 Å². The monoisotopic (exact) mass is 776 g/mol. The number of aromatic hydroxyl groups is 1. The zero-order valence-electron chi connectivity index (χ0n) is 32.2. The molecule has 14 heteroatoms. The maximum absolute atomic E-state index is 17.4. The molecule has 5 fully saturated rings. The van der Waals surface area contributed by atoms with E-state index in [1.807, 2.05) is 9.80 Å². The molecule has 5 unspecified atom stereocenters. The lowest BCUT2D eigenvalue weighted by atomic mass is 9.95. The summed E-state index contributed by atoms with van der Waals surface area (Å²) in [6.45, 7) is 6.48. The first-order valence-corrected chi connectivity index (χ1v) is 20.0. The van der Waals surface area contributed by atoms with Crippen LogP contribution in [0, 0.1) is 52.6 Å². The number of carbonyl (C=O) groups is 1. The maximum Gasteiger partial charge on any atom is 0.319 e. The molecule has 5 heterocycles. The molecule has 2 N–H and O–H groups in total. The summed E-state index contributed by atoms with van der Waals surface area (Å²) in [5, 5.41) is 24.4. The van der Waals surface area contributed by atoms with Gasteiger partial charge in [-0.1, -0.05) is 18.9 Å². The predicted molar refractivity (Wildman–Crippen MR) is 210 cm³/mol. The molecule has 3 aliphatic heterocycles. The summed E-state index contributed by atoms with van der Waals surface area (Å²) in [6.07, 6.45) is 13.0. The van der Waals surface area contributed by atoms with Crippen molar-refractivity contribution in [1.82, 2.24) is 30.1 Å². The molecule has 0 spiro atoms. The van der Waals surface area contributed by atoms with Gasteiger partial charge < -0.3 is 34.6 Å². The number of rotatable bonds is 9. The van der Waals surface area contributed by atoms with Crippen molar-refractivity contribution in [2.24, 2.45) is 17.3 Å². The average molecular weight is 777 g/mol. The first-order chi connectivity index (χ1) is 27.6. The van der Waals surface area contributed by atoms with Crippen LogP contribution in [0.25, 0.3) is 32.9 Å². The van der Waals surface area contributed by atoms with E-state index >= 15 is 8.78 Å². The Morgan fingerprint density at radius 1 is 1.07 bits per heavy atom. The molecular weight excluding hydrogens is 731 g/mol. The Kier molecular flexibility index (Phi) is 9.43. The number of aromatic nitrogens is 3. The molecule has 2 aromatic carbocycles. The zero-order chi connectivity index (χ0) is 39.6. The van der Waals surface area contributed by atoms with Crippen molar-refractivity contribution in [1.29, 1.82) is 5.26 Å². The highest BCUT2D eigenvalue weighted by atomic mass is 19.1. The van der Waals surface area contributed by atoms with E-state index in [1.165, 1.54) is 37.8 Å². The topological polar surface area (TPSA) is 140 Å². The van der Waals surface area contributed by atoms with Crippen molar-refractivity contribution >= 4 is 33.5 Å². The summed E-state index contributed by atoms with van der Waals surface area (Å²) in [6, 6.07) is 7.12. The summed E-state index contributed by atoms with van der Waals surface area (Å²) >= 11 is 0. The number of nitrogens with one attached hydrogen (secondary N) is 1. The van der Waals surface area contributed by atoms with Gasteiger partial charge in [-0.05, 0) is 87.4 Å². The molecule has 57 heavy (non-hydrogen) atoms. The molecule has 2 amide bonds. The minimum atomic E-state index is -0.838. The lowest BCUT2D eigenvalue weighted by Gasteiger charge is -2.42. The normalized spacial score (nSPS) is 25.1. The quantitative estimate of drug-likeness (QED) is 0.184. The van der Waals surface area contributed by atoms with E-state index in [2.05, 4.69) is 39.1 Å². The molecule has 5 atom stereocenters. The molecule has 2 saturated carbocycles. The smallest absolute Gasteiger partial charge is 0.319 e. The zero-order valence-corrected chi connectivity index (χ0v) is 32.2. The van der Waals surface area contributed by atoms with Crippen LogP contribution in [0.2, 0.25) is 0 Å². The van der Waals surface area contributed by atoms with Crippen LogP contribution in [0.4, 0.5) is 19.4 Å². The number of ether oxygens (including phenoxy) is 2. The Balaban J connectivity index is 1.12. The van der Waals surface area contributed by atoms with Crippen molar-refractivity contribution in [2.75, 3.05) is 51.3 Å². The fraction of sp³-hybridized carbons (Fsp3) is 0.512. The Morgan fingerprint density at radius 2 is 1.86 bits per heavy atom. The molecule has 9 rings (SSSR count). The molecule has 2 aliphatic carbocycles. The number of hydrogen-bond acceptors (Lipinski definition) is 10. The van der Waals surface area contributed by atoms with E-state index in [4.69, 9.17) is 20.9 Å². The fourth-order valence-corrected chi connectivity index (χ4v) is 9.79. The lowest BCUT2D eigenvalue weighted by molar-refractivity contribution is 0.157. The maximum atomic E-state index is 17.4. The molecule has 296 valence electrons. The number of amides is 2. The second kappa shape index (κ2) is 14.5. The van der Waals surface area contributed by atoms with Gasteiger partial charge in [0.1, 0.15) is 34.0 Å². The SMILES string of the molecule is C#Cc1c(F)ccc2cc(O)cc(-c3nc(OC)c4c(N5CC6CCC(C5)N6C(=O)NC5CCCC5C#N)nc(OCC5(CN6CCC(C)C6)CC5)nc4c3F)c12. The Bertz CT molecular complexity index is 2340. The van der Waals surface area contributed by atoms with Gasteiger partial charge in [0.25, 0.3) is 0 Å². The summed E-state index contributed by atoms with van der Waals surface area (Å²) in [4.78, 5) is 34.4. The number of nitriles is 1. The summed E-state index contributed by atoms with van der Waals surface area (Å²) in [5.41, 5.74) is -0.398. The van der Waals surface area contributed by atoms with Gasteiger partial charge in [0, 0.05) is 48.6 Å². The van der Waals surface area contributed by atoms with Gasteiger partial charge in [0.05, 0.1) is 43.4 Å². The molecule has 4 aromatic rings. The van der Waals surface area contributed by atoms with Crippen LogP contribution in [-0.2, 0) is 0 Å². The Labute approximate surface area is 330 Å². The van der Waals surface area contributed by atoms with Crippen molar-refractivity contribution < 1.29 is 28.2 Å². The third kappa shape index (κ3) is 6.67. The van der Waals surface area contributed by atoms with E-state index in [-0.39, 0.29) is 86.2 Å². The van der Waals surface area contributed by atoms with Crippen LogP contribution in [0.3, 0.4) is 0 Å². The van der Waals surface area contributed by atoms with Gasteiger partial charge in [0.2, 0.25) is 5.88 Å². The highest BCUT2D eigenvalue weighted by Crippen LogP contribution is 2.48. The number of benzene rings is 2. The largest absolute Gasteiger partial charge is 0.508 e. The summed E-state index contributed by atoms with van der Waals surface area (Å²) in [7, 11) is 1.42. The number of carbonyl (C=O) groups excluding carboxylic acids is 1. The van der Waals surface area contributed by atoms with Crippen LogP contribution in [0.15, 0.2) is 24.3 Å². The fourth-order valence-electron chi connectivity index (χ4n) is 9.79.